The summed E-state index contributed by atoms with van der Waals surface area (Å²) in [5.74, 6) is 0. The average molecular weight is 326 g/mol. The minimum Gasteiger partial charge on any atom is -0.375 e. The summed E-state index contributed by atoms with van der Waals surface area (Å²) < 4.78 is 5.47. The van der Waals surface area contributed by atoms with Crippen LogP contribution in [0, 0.1) is 0 Å². The van der Waals surface area contributed by atoms with Crippen LogP contribution in [0.5, 0.6) is 0 Å². The minimum absolute atomic E-state index is 0.0433. The molecule has 0 aliphatic carbocycles. The Balaban J connectivity index is 1.62. The Hall–Kier alpha value is -2.47. The molecule has 24 heavy (non-hydrogen) atoms. The smallest absolute Gasteiger partial charge is 0.318 e. The number of carbonyl (C=O) groups excluding carboxylic acids is 1. The third-order valence-corrected chi connectivity index (χ3v) is 4.17. The van der Waals surface area contributed by atoms with Crippen LogP contribution in [0.1, 0.15) is 25.5 Å². The Kier molecular flexibility index (Phi) is 5.05. The van der Waals surface area contributed by atoms with Crippen molar-refractivity contribution in [2.45, 2.75) is 26.0 Å². The molecule has 0 spiro atoms. The first-order valence-electron chi connectivity index (χ1n) is 8.16. The monoisotopic (exact) mass is 326 g/mol. The number of carbonyl (C=O) groups is 1. The first-order valence-corrected chi connectivity index (χ1v) is 8.16. The molecule has 1 saturated heterocycles. The molecule has 2 amide bonds. The van der Waals surface area contributed by atoms with Gasteiger partial charge in [0.2, 0.25) is 0 Å². The molecule has 3 rings (SSSR count). The summed E-state index contributed by atoms with van der Waals surface area (Å²) in [4.78, 5) is 22.2. The predicted octanol–water partition coefficient (Wildman–Crippen LogP) is 2.63. The fraction of sp³-hybridized carbons (Fsp3) is 0.389. The van der Waals surface area contributed by atoms with Gasteiger partial charge < -0.3 is 15.0 Å². The lowest BCUT2D eigenvalue weighted by Gasteiger charge is -2.32. The number of rotatable bonds is 3. The molecular formula is C18H22N4O2. The molecule has 1 fully saturated rings. The van der Waals surface area contributed by atoms with Crippen molar-refractivity contribution >= 4 is 6.03 Å². The summed E-state index contributed by atoms with van der Waals surface area (Å²) in [5, 5.41) is 3.05. The van der Waals surface area contributed by atoms with Gasteiger partial charge in [0, 0.05) is 31.0 Å². The number of amides is 2. The molecule has 1 N–H and O–H groups in total. The van der Waals surface area contributed by atoms with Crippen molar-refractivity contribution in [2.75, 3.05) is 19.7 Å². The molecule has 6 nitrogen and oxygen atoms in total. The van der Waals surface area contributed by atoms with Crippen LogP contribution in [0.15, 0.2) is 43.0 Å². The normalized spacial score (nSPS) is 18.9. The fourth-order valence-corrected chi connectivity index (χ4v) is 2.78. The van der Waals surface area contributed by atoms with Gasteiger partial charge in [-0.15, -0.1) is 0 Å². The van der Waals surface area contributed by atoms with E-state index in [1.54, 1.807) is 17.3 Å². The Morgan fingerprint density at radius 1 is 1.25 bits per heavy atom. The summed E-state index contributed by atoms with van der Waals surface area (Å²) in [7, 11) is 0. The van der Waals surface area contributed by atoms with Crippen LogP contribution < -0.4 is 5.32 Å². The Morgan fingerprint density at radius 3 is 2.62 bits per heavy atom. The number of ether oxygens (including phenoxy) is 1. The van der Waals surface area contributed by atoms with E-state index in [4.69, 9.17) is 4.74 Å². The van der Waals surface area contributed by atoms with Gasteiger partial charge in [-0.1, -0.05) is 24.3 Å². The molecule has 0 bridgehead atoms. The zero-order chi connectivity index (χ0) is 16.9. The molecule has 1 aliphatic rings. The quantitative estimate of drug-likeness (QED) is 0.941. The summed E-state index contributed by atoms with van der Waals surface area (Å²) in [6.07, 6.45) is 5.17. The maximum Gasteiger partial charge on any atom is 0.318 e. The van der Waals surface area contributed by atoms with Crippen molar-refractivity contribution in [3.8, 4) is 11.1 Å². The van der Waals surface area contributed by atoms with E-state index in [1.807, 2.05) is 38.1 Å². The zero-order valence-corrected chi connectivity index (χ0v) is 14.0. The Bertz CT molecular complexity index is 675. The molecular weight excluding hydrogens is 304 g/mol. The molecule has 2 heterocycles. The van der Waals surface area contributed by atoms with Crippen LogP contribution in [-0.2, 0) is 4.74 Å². The topological polar surface area (TPSA) is 67.4 Å². The highest BCUT2D eigenvalue weighted by Crippen LogP contribution is 2.21. The van der Waals surface area contributed by atoms with Crippen molar-refractivity contribution < 1.29 is 9.53 Å². The molecule has 0 saturated carbocycles. The largest absolute Gasteiger partial charge is 0.375 e. The van der Waals surface area contributed by atoms with Crippen LogP contribution in [0.4, 0.5) is 4.79 Å². The van der Waals surface area contributed by atoms with Gasteiger partial charge in [0.1, 0.15) is 6.33 Å². The summed E-state index contributed by atoms with van der Waals surface area (Å²) >= 11 is 0. The summed E-state index contributed by atoms with van der Waals surface area (Å²) in [6, 6.07) is 7.99. The number of nitrogens with zero attached hydrogens (tertiary/aromatic N) is 3. The molecule has 2 aromatic rings. The zero-order valence-electron chi connectivity index (χ0n) is 14.0. The van der Waals surface area contributed by atoms with Crippen molar-refractivity contribution in [3.05, 3.63) is 48.5 Å². The van der Waals surface area contributed by atoms with E-state index in [9.17, 15) is 4.79 Å². The van der Waals surface area contributed by atoms with Gasteiger partial charge >= 0.3 is 6.03 Å². The lowest BCUT2D eigenvalue weighted by atomic mass is 10.0. The van der Waals surface area contributed by atoms with E-state index < -0.39 is 0 Å². The van der Waals surface area contributed by atoms with Crippen molar-refractivity contribution in [3.63, 3.8) is 0 Å². The van der Waals surface area contributed by atoms with E-state index in [0.717, 1.165) is 16.7 Å². The highest BCUT2D eigenvalue weighted by molar-refractivity contribution is 5.75. The molecule has 0 unspecified atom stereocenters. The Labute approximate surface area is 141 Å². The van der Waals surface area contributed by atoms with Crippen LogP contribution in [-0.4, -0.2) is 46.7 Å². The van der Waals surface area contributed by atoms with E-state index >= 15 is 0 Å². The summed E-state index contributed by atoms with van der Waals surface area (Å²) in [6.45, 7) is 5.83. The number of hydrogen-bond acceptors (Lipinski definition) is 4. The molecule has 1 aromatic heterocycles. The molecule has 2 atom stereocenters. The first kappa shape index (κ1) is 16.4. The summed E-state index contributed by atoms with van der Waals surface area (Å²) in [5.41, 5.74) is 3.09. The van der Waals surface area contributed by atoms with Crippen molar-refractivity contribution in [1.29, 1.82) is 0 Å². The van der Waals surface area contributed by atoms with Gasteiger partial charge in [-0.25, -0.2) is 14.8 Å². The predicted molar refractivity (Wildman–Crippen MR) is 91.4 cm³/mol. The van der Waals surface area contributed by atoms with Gasteiger partial charge in [0.25, 0.3) is 0 Å². The van der Waals surface area contributed by atoms with E-state index in [2.05, 4.69) is 15.3 Å². The number of hydrogen-bond donors (Lipinski definition) is 1. The molecule has 1 aromatic carbocycles. The third kappa shape index (κ3) is 3.89. The first-order chi connectivity index (χ1) is 11.6. The van der Waals surface area contributed by atoms with Gasteiger partial charge in [-0.3, -0.25) is 0 Å². The average Bonchev–Trinajstić information content (AvgIpc) is 2.62. The van der Waals surface area contributed by atoms with Crippen LogP contribution in [0.25, 0.3) is 11.1 Å². The highest BCUT2D eigenvalue weighted by atomic mass is 16.5. The van der Waals surface area contributed by atoms with Crippen LogP contribution in [0.2, 0.25) is 0 Å². The van der Waals surface area contributed by atoms with Gasteiger partial charge in [-0.2, -0.15) is 0 Å². The molecule has 126 valence electrons. The number of urea groups is 1. The highest BCUT2D eigenvalue weighted by Gasteiger charge is 2.22. The van der Waals surface area contributed by atoms with Crippen LogP contribution in [0.3, 0.4) is 0 Å². The van der Waals surface area contributed by atoms with Gasteiger partial charge in [0.05, 0.1) is 18.8 Å². The number of morpholine rings is 1. The van der Waals surface area contributed by atoms with E-state index in [1.165, 1.54) is 6.33 Å². The number of aromatic nitrogens is 2. The third-order valence-electron chi connectivity index (χ3n) is 4.17. The second-order valence-electron chi connectivity index (χ2n) is 6.05. The fourth-order valence-electron chi connectivity index (χ4n) is 2.78. The SMILES string of the molecule is C[C@H]1CN(C(=O)N[C@H](C)c2ccc(-c3cncnc3)cc2)CCO1. The second kappa shape index (κ2) is 7.40. The Morgan fingerprint density at radius 2 is 1.96 bits per heavy atom. The lowest BCUT2D eigenvalue weighted by molar-refractivity contribution is -0.00380. The maximum atomic E-state index is 12.4. The molecule has 6 heteroatoms. The van der Waals surface area contributed by atoms with E-state index in [0.29, 0.717) is 19.7 Å². The molecule has 0 radical (unpaired) electrons. The number of nitrogens with one attached hydrogen (secondary N) is 1. The minimum atomic E-state index is -0.0586. The van der Waals surface area contributed by atoms with E-state index in [-0.39, 0.29) is 18.2 Å². The van der Waals surface area contributed by atoms with Crippen molar-refractivity contribution in [2.24, 2.45) is 0 Å². The van der Waals surface area contributed by atoms with Crippen molar-refractivity contribution in [1.82, 2.24) is 20.2 Å². The lowest BCUT2D eigenvalue weighted by Crippen LogP contribution is -2.49. The standard InChI is InChI=1S/C18H22N4O2/c1-13-11-22(7-8-24-13)18(23)21-14(2)15-3-5-16(6-4-15)17-9-19-12-20-10-17/h3-6,9-10,12-14H,7-8,11H2,1-2H3,(H,21,23)/t13-,14+/m0/s1. The number of benzene rings is 1. The van der Waals surface area contributed by atoms with Crippen LogP contribution >= 0.6 is 0 Å². The maximum absolute atomic E-state index is 12.4. The van der Waals surface area contributed by atoms with Gasteiger partial charge in [0.15, 0.2) is 0 Å². The second-order valence-corrected chi connectivity index (χ2v) is 6.05. The molecule has 1 aliphatic heterocycles. The van der Waals surface area contributed by atoms with Gasteiger partial charge in [-0.05, 0) is 25.0 Å².